The standard InChI is InChI=1S/C54H94N10O8.2ClH/c1-33(55-9)45(65)61-43(53(3,4)5)51(71)63-29-17-23-41(63)49(69)59-39(35-19-13-11-14-20-35)31-57-47(67)37-25-27-38(28-26-37)48(68)58-32-40(36-21-15-12-16-22-36)60-50(70)42-24-18-30-64(42)52(72)44(54(6,7)8)62-46(66)34(2)56-10;;/h33-44,55-56H,11-32H2,1-10H3,(H,57,67)(H,58,68)(H,59,69)(H,60,70)(H,61,65)(H,62,66);2*1H/t33-,34-,37?,38?,39+,40+,41-,42-,43+,44+;;/m0../s1. The van der Waals surface area contributed by atoms with Gasteiger partial charge in [0.15, 0.2) is 0 Å². The molecule has 3 saturated carbocycles. The minimum atomic E-state index is -0.814. The van der Waals surface area contributed by atoms with Crippen LogP contribution >= 0.6 is 24.8 Å². The first-order chi connectivity index (χ1) is 34.0. The van der Waals surface area contributed by atoms with Gasteiger partial charge in [-0.2, -0.15) is 0 Å². The summed E-state index contributed by atoms with van der Waals surface area (Å²) in [6.07, 6.45) is 14.8. The Kier molecular flexibility index (Phi) is 25.9. The van der Waals surface area contributed by atoms with Crippen molar-refractivity contribution in [1.29, 1.82) is 0 Å². The monoisotopic (exact) mass is 1080 g/mol. The van der Waals surface area contributed by atoms with E-state index in [0.29, 0.717) is 64.5 Å². The molecule has 20 heteroatoms. The van der Waals surface area contributed by atoms with Crippen molar-refractivity contribution in [3.63, 3.8) is 0 Å². The predicted molar refractivity (Wildman–Crippen MR) is 292 cm³/mol. The molecule has 8 N–H and O–H groups in total. The molecule has 5 fully saturated rings. The maximum absolute atomic E-state index is 14.1. The highest BCUT2D eigenvalue weighted by Gasteiger charge is 2.45. The number of hydrogen-bond donors (Lipinski definition) is 8. The molecule has 0 spiro atoms. The van der Waals surface area contributed by atoms with Crippen LogP contribution in [0.3, 0.4) is 0 Å². The van der Waals surface area contributed by atoms with Crippen molar-refractivity contribution in [2.45, 2.75) is 219 Å². The average molecular weight is 1080 g/mol. The molecule has 2 heterocycles. The number of carbonyl (C=O) groups excluding carboxylic acids is 8. The third kappa shape index (κ3) is 17.7. The highest BCUT2D eigenvalue weighted by atomic mass is 35.5. The maximum Gasteiger partial charge on any atom is 0.246 e. The fraction of sp³-hybridized carbons (Fsp3) is 0.852. The Hall–Kier alpha value is -3.74. The molecule has 18 nitrogen and oxygen atoms in total. The second-order valence-corrected chi connectivity index (χ2v) is 24.1. The molecular weight excluding hydrogens is 988 g/mol. The zero-order chi connectivity index (χ0) is 52.9. The van der Waals surface area contributed by atoms with Crippen molar-refractivity contribution in [3.05, 3.63) is 0 Å². The van der Waals surface area contributed by atoms with Gasteiger partial charge in [-0.05, 0) is 128 Å². The summed E-state index contributed by atoms with van der Waals surface area (Å²) < 4.78 is 0. The van der Waals surface area contributed by atoms with Crippen LogP contribution in [0.25, 0.3) is 0 Å². The summed E-state index contributed by atoms with van der Waals surface area (Å²) in [5.74, 6) is -1.87. The normalized spacial score (nSPS) is 24.3. The molecule has 3 aliphatic carbocycles. The number of likely N-dealkylation sites (N-methyl/N-ethyl adjacent to an activating group) is 2. The van der Waals surface area contributed by atoms with E-state index in [2.05, 4.69) is 42.5 Å². The summed E-state index contributed by atoms with van der Waals surface area (Å²) in [6.45, 7) is 16.3. The molecule has 5 rings (SSSR count). The average Bonchev–Trinajstić information content (AvgIpc) is 4.08. The number of rotatable bonds is 20. The second-order valence-electron chi connectivity index (χ2n) is 24.1. The zero-order valence-electron chi connectivity index (χ0n) is 46.5. The summed E-state index contributed by atoms with van der Waals surface area (Å²) in [5.41, 5.74) is -1.18. The molecule has 2 aliphatic heterocycles. The molecule has 0 aromatic carbocycles. The molecule has 424 valence electrons. The third-order valence-electron chi connectivity index (χ3n) is 16.7. The van der Waals surface area contributed by atoms with E-state index in [9.17, 15) is 38.4 Å². The van der Waals surface area contributed by atoms with Crippen molar-refractivity contribution in [3.8, 4) is 0 Å². The predicted octanol–water partition coefficient (Wildman–Crippen LogP) is 4.26. The van der Waals surface area contributed by atoms with E-state index >= 15 is 0 Å². The Balaban J connectivity index is 0.00000722. The number of likely N-dealkylation sites (tertiary alicyclic amines) is 2. The van der Waals surface area contributed by atoms with Gasteiger partial charge in [0, 0.05) is 50.1 Å². The molecule has 0 aromatic heterocycles. The van der Waals surface area contributed by atoms with Crippen molar-refractivity contribution in [2.24, 2.45) is 34.5 Å². The van der Waals surface area contributed by atoms with Crippen LogP contribution < -0.4 is 42.5 Å². The van der Waals surface area contributed by atoms with Crippen molar-refractivity contribution < 1.29 is 38.4 Å². The van der Waals surface area contributed by atoms with Crippen molar-refractivity contribution >= 4 is 72.1 Å². The molecule has 8 amide bonds. The topological polar surface area (TPSA) is 239 Å². The van der Waals surface area contributed by atoms with E-state index in [1.807, 2.05) is 41.5 Å². The summed E-state index contributed by atoms with van der Waals surface area (Å²) in [7, 11) is 3.38. The smallest absolute Gasteiger partial charge is 0.246 e. The molecule has 0 aromatic rings. The molecule has 0 bridgehead atoms. The van der Waals surface area contributed by atoms with Gasteiger partial charge in [0.1, 0.15) is 24.2 Å². The molecule has 8 atom stereocenters. The zero-order valence-corrected chi connectivity index (χ0v) is 48.1. The number of nitrogens with one attached hydrogen (secondary N) is 8. The Labute approximate surface area is 455 Å². The number of halogens is 2. The van der Waals surface area contributed by atoms with Crippen LogP contribution in [0.15, 0.2) is 0 Å². The van der Waals surface area contributed by atoms with Gasteiger partial charge in [0.2, 0.25) is 47.3 Å². The molecule has 0 unspecified atom stereocenters. The van der Waals surface area contributed by atoms with Gasteiger partial charge >= 0.3 is 0 Å². The first-order valence-corrected chi connectivity index (χ1v) is 27.8. The van der Waals surface area contributed by atoms with Gasteiger partial charge in [-0.3, -0.25) is 38.4 Å². The van der Waals surface area contributed by atoms with Crippen LogP contribution in [0.4, 0.5) is 0 Å². The van der Waals surface area contributed by atoms with Gasteiger partial charge < -0.3 is 52.3 Å². The van der Waals surface area contributed by atoms with Gasteiger partial charge in [0.05, 0.1) is 12.1 Å². The summed E-state index contributed by atoms with van der Waals surface area (Å²) >= 11 is 0. The van der Waals surface area contributed by atoms with E-state index in [4.69, 9.17) is 0 Å². The molecular formula is C54H96Cl2N10O8. The van der Waals surface area contributed by atoms with Crippen LogP contribution in [-0.2, 0) is 38.4 Å². The lowest BCUT2D eigenvalue weighted by molar-refractivity contribution is -0.144. The van der Waals surface area contributed by atoms with Crippen molar-refractivity contribution in [2.75, 3.05) is 40.3 Å². The second kappa shape index (κ2) is 29.7. The van der Waals surface area contributed by atoms with E-state index in [1.165, 1.54) is 0 Å². The fourth-order valence-electron chi connectivity index (χ4n) is 11.7. The molecule has 74 heavy (non-hydrogen) atoms. The first-order valence-electron chi connectivity index (χ1n) is 27.8. The van der Waals surface area contributed by atoms with Crippen LogP contribution in [0.5, 0.6) is 0 Å². The lowest BCUT2D eigenvalue weighted by Gasteiger charge is -2.37. The van der Waals surface area contributed by atoms with E-state index in [1.54, 1.807) is 37.7 Å². The van der Waals surface area contributed by atoms with Crippen molar-refractivity contribution in [1.82, 2.24) is 52.3 Å². The Morgan fingerprint density at radius 2 is 0.770 bits per heavy atom. The largest absolute Gasteiger partial charge is 0.354 e. The minimum Gasteiger partial charge on any atom is -0.354 e. The number of hydrogen-bond acceptors (Lipinski definition) is 10. The van der Waals surface area contributed by atoms with Crippen LogP contribution in [0, 0.1) is 34.5 Å². The molecule has 0 radical (unpaired) electrons. The quantitative estimate of drug-likeness (QED) is 0.0863. The van der Waals surface area contributed by atoms with Crippen LogP contribution in [0.2, 0.25) is 0 Å². The number of carbonyl (C=O) groups is 8. The van der Waals surface area contributed by atoms with Crippen LogP contribution in [-0.4, -0.2) is 146 Å². The van der Waals surface area contributed by atoms with Gasteiger partial charge in [-0.1, -0.05) is 80.1 Å². The lowest BCUT2D eigenvalue weighted by Crippen LogP contribution is -2.60. The highest BCUT2D eigenvalue weighted by molar-refractivity contribution is 5.95. The summed E-state index contributed by atoms with van der Waals surface area (Å²) in [6, 6.07) is -4.55. The SMILES string of the molecule is CN[C@@H](C)C(=O)N[C@H](C(=O)N1CCC[C@H]1C(=O)N[C@H](CNC(=O)C1CCC(C(=O)NC[C@@H](NC(=O)[C@@H]2CCCN2C(=O)[C@@H](NC(=O)[C@H](C)NC)C(C)(C)C)C2CCCCC2)CC1)C1CCCCC1)C(C)(C)C.Cl.Cl. The van der Waals surface area contributed by atoms with Crippen LogP contribution in [0.1, 0.15) is 171 Å². The minimum absolute atomic E-state index is 0. The maximum atomic E-state index is 14.1. The Morgan fingerprint density at radius 3 is 1.07 bits per heavy atom. The van der Waals surface area contributed by atoms with Gasteiger partial charge in [0.25, 0.3) is 0 Å². The van der Waals surface area contributed by atoms with E-state index < -0.39 is 47.1 Å². The first kappa shape index (κ1) is 64.5. The number of amides is 8. The highest BCUT2D eigenvalue weighted by Crippen LogP contribution is 2.33. The Bertz CT molecular complexity index is 1750. The van der Waals surface area contributed by atoms with Gasteiger partial charge in [-0.15, -0.1) is 24.8 Å². The van der Waals surface area contributed by atoms with Gasteiger partial charge in [-0.25, -0.2) is 0 Å². The van der Waals surface area contributed by atoms with E-state index in [0.717, 1.165) is 64.2 Å². The summed E-state index contributed by atoms with van der Waals surface area (Å²) in [5, 5.41) is 24.7. The fourth-order valence-corrected chi connectivity index (χ4v) is 11.7. The summed E-state index contributed by atoms with van der Waals surface area (Å²) in [4.78, 5) is 113. The third-order valence-corrected chi connectivity index (χ3v) is 16.7. The Morgan fingerprint density at radius 1 is 0.446 bits per heavy atom. The molecule has 2 saturated heterocycles. The molecule has 5 aliphatic rings. The van der Waals surface area contributed by atoms with E-state index in [-0.39, 0.29) is 121 Å². The number of nitrogens with zero attached hydrogens (tertiary/aromatic N) is 2. The lowest BCUT2D eigenvalue weighted by atomic mass is 9.80.